The molecule has 0 saturated carbocycles. The number of imide groups is 1. The quantitative estimate of drug-likeness (QED) is 0.709. The van der Waals surface area contributed by atoms with Gasteiger partial charge in [0.05, 0.1) is 24.6 Å². The Morgan fingerprint density at radius 3 is 2.50 bits per heavy atom. The summed E-state index contributed by atoms with van der Waals surface area (Å²) in [7, 11) is 0. The van der Waals surface area contributed by atoms with Crippen LogP contribution in [-0.2, 0) is 26.3 Å². The van der Waals surface area contributed by atoms with E-state index in [1.54, 1.807) is 4.90 Å². The maximum Gasteiger partial charge on any atom is 0.241 e. The second-order valence-electron chi connectivity index (χ2n) is 8.94. The minimum absolute atomic E-state index is 0.0209. The van der Waals surface area contributed by atoms with Crippen LogP contribution in [0.25, 0.3) is 0 Å². The summed E-state index contributed by atoms with van der Waals surface area (Å²) in [6.45, 7) is 2.60. The van der Waals surface area contributed by atoms with Crippen LogP contribution in [0.3, 0.4) is 0 Å². The van der Waals surface area contributed by atoms with Gasteiger partial charge < -0.3 is 10.0 Å². The number of benzene rings is 2. The molecule has 2 aliphatic rings. The largest absolute Gasteiger partial charge is 0.394 e. The molecule has 6 nitrogen and oxygen atoms in total. The Morgan fingerprint density at radius 1 is 1.06 bits per heavy atom. The third kappa shape index (κ3) is 4.07. The standard InChI is InChI=1S/C26H30N2O4/c1-19-9-5-6-13-22(19)26(15-23(30)27-14-8-7-12-21(27)18-29)16-24(31)28(25(26)32)17-20-10-3-2-4-11-20/h2-6,9-11,13,21,29H,7-8,12,14-18H2,1H3/t21-,26-/m1/s1. The van der Waals surface area contributed by atoms with E-state index < -0.39 is 5.41 Å². The summed E-state index contributed by atoms with van der Waals surface area (Å²) in [6.07, 6.45) is 2.52. The summed E-state index contributed by atoms with van der Waals surface area (Å²) in [6, 6.07) is 16.7. The topological polar surface area (TPSA) is 77.9 Å². The van der Waals surface area contributed by atoms with Gasteiger partial charge in [-0.25, -0.2) is 0 Å². The first kappa shape index (κ1) is 22.2. The highest BCUT2D eigenvalue weighted by Gasteiger charge is 2.54. The van der Waals surface area contributed by atoms with E-state index in [2.05, 4.69) is 0 Å². The molecular formula is C26H30N2O4. The second kappa shape index (κ2) is 9.25. The van der Waals surface area contributed by atoms with E-state index in [1.165, 1.54) is 4.90 Å². The van der Waals surface area contributed by atoms with E-state index in [1.807, 2.05) is 61.5 Å². The van der Waals surface area contributed by atoms with E-state index in [-0.39, 0.29) is 49.8 Å². The van der Waals surface area contributed by atoms with Gasteiger partial charge in [-0.2, -0.15) is 0 Å². The molecule has 3 amide bonds. The smallest absolute Gasteiger partial charge is 0.241 e. The van der Waals surface area contributed by atoms with Crippen molar-refractivity contribution in [3.63, 3.8) is 0 Å². The van der Waals surface area contributed by atoms with Gasteiger partial charge in [0.25, 0.3) is 0 Å². The molecule has 2 atom stereocenters. The lowest BCUT2D eigenvalue weighted by atomic mass is 9.73. The molecule has 2 aliphatic heterocycles. The van der Waals surface area contributed by atoms with Crippen LogP contribution >= 0.6 is 0 Å². The van der Waals surface area contributed by atoms with Crippen LogP contribution in [0.4, 0.5) is 0 Å². The summed E-state index contributed by atoms with van der Waals surface area (Å²) in [4.78, 5) is 43.4. The summed E-state index contributed by atoms with van der Waals surface area (Å²) in [5.41, 5.74) is 1.28. The van der Waals surface area contributed by atoms with Gasteiger partial charge in [-0.05, 0) is 42.9 Å². The number of amides is 3. The Kier molecular flexibility index (Phi) is 6.42. The zero-order valence-electron chi connectivity index (χ0n) is 18.5. The average Bonchev–Trinajstić information content (AvgIpc) is 3.04. The molecule has 168 valence electrons. The molecule has 32 heavy (non-hydrogen) atoms. The highest BCUT2D eigenvalue weighted by Crippen LogP contribution is 2.42. The van der Waals surface area contributed by atoms with E-state index >= 15 is 0 Å². The SMILES string of the molecule is Cc1ccccc1[C@@]1(CC(=O)N2CCCC[C@@H]2CO)CC(=O)N(Cc2ccccc2)C1=O. The van der Waals surface area contributed by atoms with E-state index in [4.69, 9.17) is 0 Å². The molecule has 2 aromatic carbocycles. The molecule has 2 aromatic rings. The van der Waals surface area contributed by atoms with Crippen molar-refractivity contribution in [2.75, 3.05) is 13.2 Å². The molecule has 0 aliphatic carbocycles. The molecule has 1 N–H and O–H groups in total. The molecule has 0 spiro atoms. The predicted molar refractivity (Wildman–Crippen MR) is 121 cm³/mol. The number of aliphatic hydroxyl groups is 1. The average molecular weight is 435 g/mol. The van der Waals surface area contributed by atoms with Gasteiger partial charge in [0.1, 0.15) is 0 Å². The second-order valence-corrected chi connectivity index (χ2v) is 8.94. The molecule has 6 heteroatoms. The number of carbonyl (C=O) groups excluding carboxylic acids is 3. The number of hydrogen-bond acceptors (Lipinski definition) is 4. The van der Waals surface area contributed by atoms with Crippen molar-refractivity contribution in [2.45, 2.75) is 57.0 Å². The van der Waals surface area contributed by atoms with Gasteiger partial charge in [0.15, 0.2) is 0 Å². The number of carbonyl (C=O) groups is 3. The number of hydrogen-bond donors (Lipinski definition) is 1. The molecule has 2 saturated heterocycles. The summed E-state index contributed by atoms with van der Waals surface area (Å²) in [5.74, 6) is -0.742. The first-order valence-corrected chi connectivity index (χ1v) is 11.3. The monoisotopic (exact) mass is 434 g/mol. The number of piperidine rings is 1. The van der Waals surface area contributed by atoms with E-state index in [0.717, 1.165) is 36.0 Å². The fourth-order valence-electron chi connectivity index (χ4n) is 5.16. The molecule has 2 heterocycles. The zero-order valence-corrected chi connectivity index (χ0v) is 18.5. The van der Waals surface area contributed by atoms with Crippen molar-refractivity contribution in [2.24, 2.45) is 0 Å². The normalized spacial score (nSPS) is 23.6. The predicted octanol–water partition coefficient (Wildman–Crippen LogP) is 2.96. The minimum atomic E-state index is -1.22. The fraction of sp³-hybridized carbons (Fsp3) is 0.423. The van der Waals surface area contributed by atoms with E-state index in [9.17, 15) is 19.5 Å². The first-order chi connectivity index (χ1) is 15.5. The van der Waals surface area contributed by atoms with Crippen molar-refractivity contribution >= 4 is 17.7 Å². The van der Waals surface area contributed by atoms with Crippen LogP contribution in [0, 0.1) is 6.92 Å². The molecule has 0 radical (unpaired) electrons. The van der Waals surface area contributed by atoms with Crippen molar-refractivity contribution in [1.82, 2.24) is 9.80 Å². The number of rotatable bonds is 6. The number of nitrogens with zero attached hydrogens (tertiary/aromatic N) is 2. The highest BCUT2D eigenvalue weighted by atomic mass is 16.3. The van der Waals surface area contributed by atoms with E-state index in [0.29, 0.717) is 6.54 Å². The molecule has 4 rings (SSSR count). The lowest BCUT2D eigenvalue weighted by molar-refractivity contribution is -0.144. The van der Waals surface area contributed by atoms with Gasteiger partial charge in [-0.1, -0.05) is 54.6 Å². The third-order valence-electron chi connectivity index (χ3n) is 6.86. The first-order valence-electron chi connectivity index (χ1n) is 11.3. The van der Waals surface area contributed by atoms with Gasteiger partial charge in [-0.15, -0.1) is 0 Å². The van der Waals surface area contributed by atoms with Gasteiger partial charge >= 0.3 is 0 Å². The fourth-order valence-corrected chi connectivity index (χ4v) is 5.16. The molecule has 0 bridgehead atoms. The van der Waals surface area contributed by atoms with Crippen LogP contribution in [0.2, 0.25) is 0 Å². The summed E-state index contributed by atoms with van der Waals surface area (Å²) in [5, 5.41) is 9.77. The van der Waals surface area contributed by atoms with Crippen LogP contribution in [-0.4, -0.2) is 51.8 Å². The zero-order chi connectivity index (χ0) is 22.7. The number of likely N-dealkylation sites (tertiary alicyclic amines) is 2. The number of aliphatic hydroxyl groups excluding tert-OH is 1. The van der Waals surface area contributed by atoms with Crippen LogP contribution in [0.5, 0.6) is 0 Å². The highest BCUT2D eigenvalue weighted by molar-refractivity contribution is 6.10. The molecular weight excluding hydrogens is 404 g/mol. The Hall–Kier alpha value is -2.99. The van der Waals surface area contributed by atoms with Crippen molar-refractivity contribution in [1.29, 1.82) is 0 Å². The maximum absolute atomic E-state index is 13.8. The maximum atomic E-state index is 13.8. The Labute approximate surface area is 188 Å². The Balaban J connectivity index is 1.69. The van der Waals surface area contributed by atoms with Crippen molar-refractivity contribution in [3.05, 3.63) is 71.3 Å². The third-order valence-corrected chi connectivity index (χ3v) is 6.86. The van der Waals surface area contributed by atoms with Crippen molar-refractivity contribution < 1.29 is 19.5 Å². The minimum Gasteiger partial charge on any atom is -0.394 e. The Morgan fingerprint density at radius 2 is 1.78 bits per heavy atom. The van der Waals surface area contributed by atoms with Crippen LogP contribution in [0.15, 0.2) is 54.6 Å². The molecule has 0 unspecified atom stereocenters. The summed E-state index contributed by atoms with van der Waals surface area (Å²) < 4.78 is 0. The van der Waals surface area contributed by atoms with Crippen LogP contribution in [0.1, 0.15) is 48.8 Å². The lowest BCUT2D eigenvalue weighted by Gasteiger charge is -2.37. The lowest BCUT2D eigenvalue weighted by Crippen LogP contribution is -2.49. The van der Waals surface area contributed by atoms with Gasteiger partial charge in [-0.3, -0.25) is 19.3 Å². The Bertz CT molecular complexity index is 1010. The molecule has 0 aromatic heterocycles. The summed E-state index contributed by atoms with van der Waals surface area (Å²) >= 11 is 0. The van der Waals surface area contributed by atoms with Gasteiger partial charge in [0, 0.05) is 19.4 Å². The van der Waals surface area contributed by atoms with Crippen molar-refractivity contribution in [3.8, 4) is 0 Å². The number of aryl methyl sites for hydroxylation is 1. The van der Waals surface area contributed by atoms with Crippen LogP contribution < -0.4 is 0 Å². The molecule has 2 fully saturated rings. The van der Waals surface area contributed by atoms with Gasteiger partial charge in [0.2, 0.25) is 17.7 Å².